The highest BCUT2D eigenvalue weighted by molar-refractivity contribution is 5.86. The van der Waals surface area contributed by atoms with Gasteiger partial charge >= 0.3 is 0 Å². The zero-order chi connectivity index (χ0) is 15.3. The van der Waals surface area contributed by atoms with E-state index in [9.17, 15) is 9.59 Å². The lowest BCUT2D eigenvalue weighted by Gasteiger charge is -2.21. The Labute approximate surface area is 120 Å². The minimum absolute atomic E-state index is 0.0387. The maximum absolute atomic E-state index is 12.1. The first-order chi connectivity index (χ1) is 9.31. The molecule has 0 aliphatic heterocycles. The van der Waals surface area contributed by atoms with Crippen molar-refractivity contribution in [3.8, 4) is 0 Å². The smallest absolute Gasteiger partial charge is 0.243 e. The van der Waals surface area contributed by atoms with Gasteiger partial charge in [-0.25, -0.2) is 0 Å². The fraction of sp³-hybridized carbons (Fsp3) is 0.533. The second-order valence-electron chi connectivity index (χ2n) is 5.39. The first kappa shape index (κ1) is 16.1. The number of aromatic nitrogens is 1. The van der Waals surface area contributed by atoms with Gasteiger partial charge in [0.25, 0.3) is 0 Å². The Kier molecular flexibility index (Phi) is 5.67. The molecule has 0 unspecified atom stereocenters. The fourth-order valence-electron chi connectivity index (χ4n) is 1.85. The Morgan fingerprint density at radius 2 is 1.95 bits per heavy atom. The van der Waals surface area contributed by atoms with Crippen LogP contribution in [0.15, 0.2) is 12.3 Å². The second-order valence-corrected chi connectivity index (χ2v) is 5.39. The number of hydrogen-bond acceptors (Lipinski definition) is 3. The van der Waals surface area contributed by atoms with Gasteiger partial charge in [0.1, 0.15) is 6.04 Å². The monoisotopic (exact) mass is 277 g/mol. The summed E-state index contributed by atoms with van der Waals surface area (Å²) < 4.78 is 0. The number of hydrogen-bond donors (Lipinski definition) is 2. The number of rotatable bonds is 5. The average molecular weight is 277 g/mol. The van der Waals surface area contributed by atoms with Crippen LogP contribution in [0.5, 0.6) is 0 Å². The molecule has 0 spiro atoms. The average Bonchev–Trinajstić information content (AvgIpc) is 2.36. The summed E-state index contributed by atoms with van der Waals surface area (Å²) in [6, 6.07) is 1.50. The van der Waals surface area contributed by atoms with Gasteiger partial charge in [0.05, 0.1) is 0 Å². The van der Waals surface area contributed by atoms with Crippen LogP contribution in [0, 0.1) is 19.8 Å². The topological polar surface area (TPSA) is 71.1 Å². The largest absolute Gasteiger partial charge is 0.350 e. The molecule has 0 aliphatic rings. The molecule has 0 aliphatic carbocycles. The quantitative estimate of drug-likeness (QED) is 0.856. The van der Waals surface area contributed by atoms with E-state index in [4.69, 9.17) is 0 Å². The van der Waals surface area contributed by atoms with Crippen LogP contribution < -0.4 is 10.6 Å². The van der Waals surface area contributed by atoms with Crippen molar-refractivity contribution in [2.24, 2.45) is 5.92 Å². The number of pyridine rings is 1. The molecule has 5 nitrogen and oxygen atoms in total. The molecule has 0 bridgehead atoms. The molecular weight excluding hydrogens is 254 g/mol. The molecule has 20 heavy (non-hydrogen) atoms. The van der Waals surface area contributed by atoms with Crippen molar-refractivity contribution in [2.45, 2.75) is 47.2 Å². The molecule has 1 rings (SSSR count). The molecule has 110 valence electrons. The number of nitrogens with zero attached hydrogens (tertiary/aromatic N) is 1. The maximum atomic E-state index is 12.1. The van der Waals surface area contributed by atoms with Crippen molar-refractivity contribution in [3.63, 3.8) is 0 Å². The summed E-state index contributed by atoms with van der Waals surface area (Å²) in [5.41, 5.74) is 3.03. The first-order valence-corrected chi connectivity index (χ1v) is 6.78. The second kappa shape index (κ2) is 7.03. The van der Waals surface area contributed by atoms with E-state index in [1.807, 2.05) is 33.8 Å². The fourth-order valence-corrected chi connectivity index (χ4v) is 1.85. The molecular formula is C15H23N3O2. The van der Waals surface area contributed by atoms with E-state index < -0.39 is 6.04 Å². The van der Waals surface area contributed by atoms with E-state index in [1.54, 1.807) is 6.20 Å². The lowest BCUT2D eigenvalue weighted by molar-refractivity contribution is -0.129. The molecule has 1 atom stereocenters. The Morgan fingerprint density at radius 3 is 2.45 bits per heavy atom. The summed E-state index contributed by atoms with van der Waals surface area (Å²) in [4.78, 5) is 27.5. The molecule has 2 amide bonds. The van der Waals surface area contributed by atoms with E-state index in [1.165, 1.54) is 6.92 Å². The van der Waals surface area contributed by atoms with Crippen molar-refractivity contribution in [1.82, 2.24) is 15.6 Å². The standard InChI is InChI=1S/C15H23N3O2/c1-9(2)14(18-12(5)19)15(20)17-8-13-6-10(3)11(4)16-7-13/h6-7,9,14H,8H2,1-5H3,(H,17,20)(H,18,19)/t14-/m0/s1. The van der Waals surface area contributed by atoms with E-state index >= 15 is 0 Å². The predicted molar refractivity (Wildman–Crippen MR) is 78.0 cm³/mol. The Bertz CT molecular complexity index is 498. The van der Waals surface area contributed by atoms with Gasteiger partial charge in [-0.05, 0) is 30.9 Å². The number of amides is 2. The molecule has 0 fully saturated rings. The maximum Gasteiger partial charge on any atom is 0.243 e. The van der Waals surface area contributed by atoms with Crippen LogP contribution in [0.4, 0.5) is 0 Å². The minimum Gasteiger partial charge on any atom is -0.350 e. The van der Waals surface area contributed by atoms with Gasteiger partial charge in [0, 0.05) is 25.4 Å². The minimum atomic E-state index is -0.507. The molecule has 0 radical (unpaired) electrons. The lowest BCUT2D eigenvalue weighted by Crippen LogP contribution is -2.48. The first-order valence-electron chi connectivity index (χ1n) is 6.78. The third-order valence-corrected chi connectivity index (χ3v) is 3.17. The van der Waals surface area contributed by atoms with E-state index in [2.05, 4.69) is 15.6 Å². The Morgan fingerprint density at radius 1 is 1.30 bits per heavy atom. The highest BCUT2D eigenvalue weighted by Gasteiger charge is 2.22. The molecule has 1 aromatic heterocycles. The number of carbonyl (C=O) groups excluding carboxylic acids is 2. The van der Waals surface area contributed by atoms with Crippen LogP contribution in [0.3, 0.4) is 0 Å². The van der Waals surface area contributed by atoms with Crippen molar-refractivity contribution < 1.29 is 9.59 Å². The number of aryl methyl sites for hydroxylation is 2. The van der Waals surface area contributed by atoms with Gasteiger partial charge < -0.3 is 10.6 Å². The van der Waals surface area contributed by atoms with Crippen LogP contribution in [0.25, 0.3) is 0 Å². The zero-order valence-electron chi connectivity index (χ0n) is 12.8. The van der Waals surface area contributed by atoms with E-state index in [-0.39, 0.29) is 17.7 Å². The summed E-state index contributed by atoms with van der Waals surface area (Å²) in [6.45, 7) is 9.56. The molecule has 0 saturated heterocycles. The summed E-state index contributed by atoms with van der Waals surface area (Å²) in [5.74, 6) is -0.336. The van der Waals surface area contributed by atoms with Crippen LogP contribution >= 0.6 is 0 Å². The van der Waals surface area contributed by atoms with Crippen LogP contribution in [-0.4, -0.2) is 22.8 Å². The summed E-state index contributed by atoms with van der Waals surface area (Å²) >= 11 is 0. The van der Waals surface area contributed by atoms with Crippen LogP contribution in [0.1, 0.15) is 37.6 Å². The molecule has 0 saturated carbocycles. The van der Waals surface area contributed by atoms with E-state index in [0.29, 0.717) is 6.54 Å². The molecule has 0 aromatic carbocycles. The highest BCUT2D eigenvalue weighted by atomic mass is 16.2. The summed E-state index contributed by atoms with van der Waals surface area (Å²) in [5, 5.41) is 5.51. The Balaban J connectivity index is 2.64. The normalized spacial score (nSPS) is 12.1. The Hall–Kier alpha value is -1.91. The van der Waals surface area contributed by atoms with Crippen molar-refractivity contribution in [2.75, 3.05) is 0 Å². The predicted octanol–water partition coefficient (Wildman–Crippen LogP) is 1.48. The molecule has 1 aromatic rings. The SMILES string of the molecule is CC(=O)N[C@H](C(=O)NCc1cnc(C)c(C)c1)C(C)C. The van der Waals surface area contributed by atoms with Gasteiger partial charge in [-0.2, -0.15) is 0 Å². The number of nitrogens with one attached hydrogen (secondary N) is 2. The third-order valence-electron chi connectivity index (χ3n) is 3.17. The molecule has 1 heterocycles. The summed E-state index contributed by atoms with van der Waals surface area (Å²) in [7, 11) is 0. The van der Waals surface area contributed by atoms with Crippen molar-refractivity contribution in [1.29, 1.82) is 0 Å². The van der Waals surface area contributed by atoms with E-state index in [0.717, 1.165) is 16.8 Å². The zero-order valence-corrected chi connectivity index (χ0v) is 12.8. The van der Waals surface area contributed by atoms with Crippen LogP contribution in [-0.2, 0) is 16.1 Å². The number of carbonyl (C=O) groups is 2. The van der Waals surface area contributed by atoms with Gasteiger partial charge in [-0.1, -0.05) is 19.9 Å². The van der Waals surface area contributed by atoms with Gasteiger partial charge in [-0.3, -0.25) is 14.6 Å². The third kappa shape index (κ3) is 4.64. The van der Waals surface area contributed by atoms with Gasteiger partial charge in [0.2, 0.25) is 11.8 Å². The highest BCUT2D eigenvalue weighted by Crippen LogP contribution is 2.07. The van der Waals surface area contributed by atoms with Crippen molar-refractivity contribution in [3.05, 3.63) is 29.1 Å². The molecule has 5 heteroatoms. The van der Waals surface area contributed by atoms with Gasteiger partial charge in [-0.15, -0.1) is 0 Å². The summed E-state index contributed by atoms with van der Waals surface area (Å²) in [6.07, 6.45) is 1.76. The lowest BCUT2D eigenvalue weighted by atomic mass is 10.0. The van der Waals surface area contributed by atoms with Crippen molar-refractivity contribution >= 4 is 11.8 Å². The molecule has 2 N–H and O–H groups in total. The van der Waals surface area contributed by atoms with Crippen LogP contribution in [0.2, 0.25) is 0 Å². The van der Waals surface area contributed by atoms with Gasteiger partial charge in [0.15, 0.2) is 0 Å².